The zero-order valence-electron chi connectivity index (χ0n) is 6.91. The summed E-state index contributed by atoms with van der Waals surface area (Å²) in [6, 6.07) is 7.20. The second-order valence-electron chi connectivity index (χ2n) is 2.75. The summed E-state index contributed by atoms with van der Waals surface area (Å²) in [5.74, 6) is 0. The molecule has 0 saturated heterocycles. The molecule has 3 heteroatoms. The average Bonchev–Trinajstić information content (AvgIpc) is 2.04. The van der Waals surface area contributed by atoms with Crippen LogP contribution in [0.3, 0.4) is 0 Å². The lowest BCUT2D eigenvalue weighted by Crippen LogP contribution is -2.05. The Kier molecular flexibility index (Phi) is 2.32. The lowest BCUT2D eigenvalue weighted by molar-refractivity contribution is 0.818. The normalized spacial score (nSPS) is 12.1. The van der Waals surface area contributed by atoms with Gasteiger partial charge in [0.1, 0.15) is 6.07 Å². The molecule has 1 aromatic carbocycles. The molecule has 1 rings (SSSR count). The molecule has 0 aliphatic carbocycles. The van der Waals surface area contributed by atoms with Gasteiger partial charge in [-0.1, -0.05) is 6.07 Å². The van der Waals surface area contributed by atoms with Crippen LogP contribution in [0, 0.1) is 11.3 Å². The largest absolute Gasteiger partial charge is 0.398 e. The van der Waals surface area contributed by atoms with Crippen LogP contribution >= 0.6 is 0 Å². The summed E-state index contributed by atoms with van der Waals surface area (Å²) in [7, 11) is 0. The van der Waals surface area contributed by atoms with E-state index in [9.17, 15) is 0 Å². The van der Waals surface area contributed by atoms with Crippen molar-refractivity contribution in [3.8, 4) is 6.07 Å². The summed E-state index contributed by atoms with van der Waals surface area (Å²) in [5.41, 5.74) is 13.2. The molecular formula is C9H11N3. The maximum Gasteiger partial charge on any atom is 0.101 e. The smallest absolute Gasteiger partial charge is 0.101 e. The van der Waals surface area contributed by atoms with E-state index in [0.717, 1.165) is 5.56 Å². The Morgan fingerprint density at radius 3 is 2.58 bits per heavy atom. The van der Waals surface area contributed by atoms with Crippen molar-refractivity contribution < 1.29 is 0 Å². The average molecular weight is 161 g/mol. The van der Waals surface area contributed by atoms with Gasteiger partial charge >= 0.3 is 0 Å². The molecule has 0 aliphatic heterocycles. The van der Waals surface area contributed by atoms with Gasteiger partial charge in [-0.25, -0.2) is 0 Å². The Bertz CT molecular complexity index is 323. The van der Waals surface area contributed by atoms with Crippen molar-refractivity contribution in [2.45, 2.75) is 13.0 Å². The maximum absolute atomic E-state index is 8.59. The highest BCUT2D eigenvalue weighted by atomic mass is 14.6. The first-order valence-corrected chi connectivity index (χ1v) is 3.70. The third kappa shape index (κ3) is 1.55. The van der Waals surface area contributed by atoms with Crippen LogP contribution in [0.15, 0.2) is 18.2 Å². The molecule has 0 heterocycles. The number of rotatable bonds is 1. The predicted molar refractivity (Wildman–Crippen MR) is 48.2 cm³/mol. The quantitative estimate of drug-likeness (QED) is 0.607. The lowest BCUT2D eigenvalue weighted by Gasteiger charge is -2.06. The summed E-state index contributed by atoms with van der Waals surface area (Å²) in [6.07, 6.45) is 0. The summed E-state index contributed by atoms with van der Waals surface area (Å²) >= 11 is 0. The summed E-state index contributed by atoms with van der Waals surface area (Å²) in [6.45, 7) is 1.88. The highest BCUT2D eigenvalue weighted by Gasteiger charge is 2.02. The number of hydrogen-bond acceptors (Lipinski definition) is 3. The molecule has 0 saturated carbocycles. The van der Waals surface area contributed by atoms with Gasteiger partial charge in [0.25, 0.3) is 0 Å². The van der Waals surface area contributed by atoms with Crippen molar-refractivity contribution in [1.82, 2.24) is 0 Å². The first-order valence-electron chi connectivity index (χ1n) is 3.70. The van der Waals surface area contributed by atoms with E-state index in [1.165, 1.54) is 0 Å². The lowest BCUT2D eigenvalue weighted by atomic mass is 10.1. The molecular weight excluding hydrogens is 150 g/mol. The van der Waals surface area contributed by atoms with E-state index in [1.807, 2.05) is 19.1 Å². The van der Waals surface area contributed by atoms with Crippen LogP contribution in [0.25, 0.3) is 0 Å². The van der Waals surface area contributed by atoms with Gasteiger partial charge in [0.15, 0.2) is 0 Å². The van der Waals surface area contributed by atoms with Gasteiger partial charge in [0, 0.05) is 11.7 Å². The van der Waals surface area contributed by atoms with Gasteiger partial charge in [-0.15, -0.1) is 0 Å². The maximum atomic E-state index is 8.59. The van der Waals surface area contributed by atoms with Crippen molar-refractivity contribution in [3.05, 3.63) is 29.3 Å². The molecule has 1 unspecified atom stereocenters. The molecule has 0 aromatic heterocycles. The number of nitriles is 1. The Balaban J connectivity index is 3.12. The fraction of sp³-hybridized carbons (Fsp3) is 0.222. The standard InChI is InChI=1S/C9H11N3/c1-6(11)7-2-3-8(5-10)9(12)4-7/h2-4,6H,11-12H2,1H3. The molecule has 3 nitrogen and oxygen atoms in total. The van der Waals surface area contributed by atoms with Crippen molar-refractivity contribution in [3.63, 3.8) is 0 Å². The van der Waals surface area contributed by atoms with Gasteiger partial charge in [0.2, 0.25) is 0 Å². The van der Waals surface area contributed by atoms with Crippen LogP contribution in [-0.4, -0.2) is 0 Å². The van der Waals surface area contributed by atoms with Crippen LogP contribution in [-0.2, 0) is 0 Å². The summed E-state index contributed by atoms with van der Waals surface area (Å²) in [4.78, 5) is 0. The summed E-state index contributed by atoms with van der Waals surface area (Å²) < 4.78 is 0. The minimum Gasteiger partial charge on any atom is -0.398 e. The number of anilines is 1. The van der Waals surface area contributed by atoms with E-state index >= 15 is 0 Å². The molecule has 0 radical (unpaired) electrons. The fourth-order valence-electron chi connectivity index (χ4n) is 0.966. The zero-order valence-corrected chi connectivity index (χ0v) is 6.91. The predicted octanol–water partition coefficient (Wildman–Crippen LogP) is 1.16. The third-order valence-corrected chi connectivity index (χ3v) is 1.72. The molecule has 1 atom stereocenters. The molecule has 0 bridgehead atoms. The van der Waals surface area contributed by atoms with Gasteiger partial charge < -0.3 is 11.5 Å². The van der Waals surface area contributed by atoms with E-state index in [1.54, 1.807) is 12.1 Å². The van der Waals surface area contributed by atoms with E-state index in [4.69, 9.17) is 16.7 Å². The van der Waals surface area contributed by atoms with Gasteiger partial charge in [-0.3, -0.25) is 0 Å². The second kappa shape index (κ2) is 3.24. The van der Waals surface area contributed by atoms with E-state index in [2.05, 4.69) is 0 Å². The first kappa shape index (κ1) is 8.57. The zero-order chi connectivity index (χ0) is 9.14. The second-order valence-corrected chi connectivity index (χ2v) is 2.75. The van der Waals surface area contributed by atoms with Crippen LogP contribution in [0.4, 0.5) is 5.69 Å². The Morgan fingerprint density at radius 1 is 1.50 bits per heavy atom. The van der Waals surface area contributed by atoms with Crippen LogP contribution in [0.5, 0.6) is 0 Å². The van der Waals surface area contributed by atoms with Gasteiger partial charge in [-0.05, 0) is 24.6 Å². The molecule has 0 amide bonds. The highest BCUT2D eigenvalue weighted by molar-refractivity contribution is 5.55. The van der Waals surface area contributed by atoms with Gasteiger partial charge in [0.05, 0.1) is 5.56 Å². The fourth-order valence-corrected chi connectivity index (χ4v) is 0.966. The number of nitrogen functional groups attached to an aromatic ring is 1. The summed E-state index contributed by atoms with van der Waals surface area (Å²) in [5, 5.41) is 8.59. The van der Waals surface area contributed by atoms with Crippen molar-refractivity contribution in [2.24, 2.45) is 5.73 Å². The minimum atomic E-state index is -0.0416. The van der Waals surface area contributed by atoms with Gasteiger partial charge in [-0.2, -0.15) is 5.26 Å². The Hall–Kier alpha value is -1.53. The molecule has 1 aromatic rings. The van der Waals surface area contributed by atoms with Crippen LogP contribution in [0.2, 0.25) is 0 Å². The first-order chi connectivity index (χ1) is 5.65. The molecule has 62 valence electrons. The van der Waals surface area contributed by atoms with Crippen molar-refractivity contribution >= 4 is 5.69 Å². The molecule has 12 heavy (non-hydrogen) atoms. The Labute approximate surface area is 71.6 Å². The minimum absolute atomic E-state index is 0.0416. The molecule has 0 fully saturated rings. The number of benzene rings is 1. The molecule has 0 spiro atoms. The molecule has 4 N–H and O–H groups in total. The van der Waals surface area contributed by atoms with E-state index in [-0.39, 0.29) is 6.04 Å². The third-order valence-electron chi connectivity index (χ3n) is 1.72. The SMILES string of the molecule is CC(N)c1ccc(C#N)c(N)c1. The Morgan fingerprint density at radius 2 is 2.17 bits per heavy atom. The number of nitrogens with two attached hydrogens (primary N) is 2. The van der Waals surface area contributed by atoms with Crippen LogP contribution < -0.4 is 11.5 Å². The monoisotopic (exact) mass is 161 g/mol. The highest BCUT2D eigenvalue weighted by Crippen LogP contribution is 2.16. The number of nitrogens with zero attached hydrogens (tertiary/aromatic N) is 1. The van der Waals surface area contributed by atoms with Crippen LogP contribution in [0.1, 0.15) is 24.1 Å². The van der Waals surface area contributed by atoms with Crippen molar-refractivity contribution in [1.29, 1.82) is 5.26 Å². The van der Waals surface area contributed by atoms with Crippen molar-refractivity contribution in [2.75, 3.05) is 5.73 Å². The van der Waals surface area contributed by atoms with E-state index in [0.29, 0.717) is 11.3 Å². The molecule has 0 aliphatic rings. The van der Waals surface area contributed by atoms with E-state index < -0.39 is 0 Å². The number of hydrogen-bond donors (Lipinski definition) is 2. The topological polar surface area (TPSA) is 75.8 Å².